The molecule has 0 radical (unpaired) electrons. The Hall–Kier alpha value is -3.24. The number of nitro benzene ring substituents is 1. The van der Waals surface area contributed by atoms with E-state index in [1.54, 1.807) is 24.1 Å². The molecule has 1 aromatic heterocycles. The maximum absolute atomic E-state index is 12.7. The van der Waals surface area contributed by atoms with Crippen molar-refractivity contribution in [1.82, 2.24) is 14.8 Å². The lowest BCUT2D eigenvalue weighted by atomic mass is 10.0. The van der Waals surface area contributed by atoms with E-state index in [9.17, 15) is 14.9 Å². The van der Waals surface area contributed by atoms with Crippen LogP contribution in [0, 0.1) is 10.1 Å². The SMILES string of the molecule is CN(C(=O)Nc1cc(Oc2ccc([N+](=O)[O-])cc2)ccn1)C1CCN(CC(C)(C)N)CC1. The second-order valence-corrected chi connectivity index (χ2v) is 8.77. The number of nitrogens with one attached hydrogen (secondary N) is 1. The fraction of sp³-hybridized carbons (Fsp3) is 0.455. The van der Waals surface area contributed by atoms with E-state index in [2.05, 4.69) is 15.2 Å². The minimum atomic E-state index is -0.469. The third-order valence-corrected chi connectivity index (χ3v) is 5.31. The molecule has 0 bridgehead atoms. The van der Waals surface area contributed by atoms with Crippen molar-refractivity contribution >= 4 is 17.5 Å². The van der Waals surface area contributed by atoms with Gasteiger partial charge >= 0.3 is 6.03 Å². The third-order valence-electron chi connectivity index (χ3n) is 5.31. The molecule has 2 amide bonds. The van der Waals surface area contributed by atoms with Crippen molar-refractivity contribution in [2.45, 2.75) is 38.3 Å². The number of nitrogens with zero attached hydrogens (tertiary/aromatic N) is 4. The van der Waals surface area contributed by atoms with Gasteiger partial charge in [0.15, 0.2) is 0 Å². The zero-order chi connectivity index (χ0) is 23.3. The van der Waals surface area contributed by atoms with Crippen LogP contribution < -0.4 is 15.8 Å². The van der Waals surface area contributed by atoms with Crippen LogP contribution in [-0.2, 0) is 0 Å². The first-order chi connectivity index (χ1) is 15.1. The van der Waals surface area contributed by atoms with E-state index in [4.69, 9.17) is 10.5 Å². The molecule has 3 rings (SSSR count). The number of nitro groups is 1. The maximum Gasteiger partial charge on any atom is 0.323 e. The summed E-state index contributed by atoms with van der Waals surface area (Å²) in [5, 5.41) is 13.6. The number of pyridine rings is 1. The summed E-state index contributed by atoms with van der Waals surface area (Å²) in [7, 11) is 1.79. The first-order valence-electron chi connectivity index (χ1n) is 10.5. The lowest BCUT2D eigenvalue weighted by molar-refractivity contribution is -0.384. The standard InChI is InChI=1S/C22H30N6O4/c1-22(2,23)15-27-12-9-16(10-13-27)26(3)21(29)25-20-14-19(8-11-24-20)32-18-6-4-17(5-7-18)28(30)31/h4-8,11,14,16H,9-10,12-13,15,23H2,1-3H3,(H,24,25,29). The van der Waals surface area contributed by atoms with Crippen LogP contribution in [0.25, 0.3) is 0 Å². The molecule has 172 valence electrons. The third kappa shape index (κ3) is 6.63. The van der Waals surface area contributed by atoms with E-state index in [1.807, 2.05) is 13.8 Å². The smallest absolute Gasteiger partial charge is 0.323 e. The topological polar surface area (TPSA) is 127 Å². The zero-order valence-electron chi connectivity index (χ0n) is 18.7. The predicted octanol–water partition coefficient (Wildman–Crippen LogP) is 3.45. The summed E-state index contributed by atoms with van der Waals surface area (Å²) in [6.07, 6.45) is 3.30. The minimum absolute atomic E-state index is 0.0133. The summed E-state index contributed by atoms with van der Waals surface area (Å²) >= 11 is 0. The maximum atomic E-state index is 12.7. The molecule has 1 saturated heterocycles. The van der Waals surface area contributed by atoms with Crippen molar-refractivity contribution in [3.05, 3.63) is 52.7 Å². The van der Waals surface area contributed by atoms with E-state index >= 15 is 0 Å². The molecule has 2 heterocycles. The van der Waals surface area contributed by atoms with E-state index in [1.165, 1.54) is 30.5 Å². The molecule has 1 fully saturated rings. The summed E-state index contributed by atoms with van der Waals surface area (Å²) in [5.41, 5.74) is 5.87. The van der Waals surface area contributed by atoms with Crippen molar-refractivity contribution in [1.29, 1.82) is 0 Å². The number of hydrogen-bond donors (Lipinski definition) is 2. The summed E-state index contributed by atoms with van der Waals surface area (Å²) < 4.78 is 5.72. The van der Waals surface area contributed by atoms with Crippen LogP contribution in [0.15, 0.2) is 42.6 Å². The molecule has 2 aromatic rings. The normalized spacial score (nSPS) is 15.2. The van der Waals surface area contributed by atoms with Crippen LogP contribution in [0.5, 0.6) is 11.5 Å². The number of urea groups is 1. The van der Waals surface area contributed by atoms with Gasteiger partial charge in [0.25, 0.3) is 5.69 Å². The van der Waals surface area contributed by atoms with Gasteiger partial charge in [-0.2, -0.15) is 0 Å². The van der Waals surface area contributed by atoms with Gasteiger partial charge in [-0.3, -0.25) is 15.4 Å². The number of aromatic nitrogens is 1. The minimum Gasteiger partial charge on any atom is -0.457 e. The highest BCUT2D eigenvalue weighted by molar-refractivity contribution is 5.88. The Bertz CT molecular complexity index is 936. The molecule has 10 nitrogen and oxygen atoms in total. The lowest BCUT2D eigenvalue weighted by Crippen LogP contribution is -2.51. The summed E-state index contributed by atoms with van der Waals surface area (Å²) in [6, 6.07) is 8.94. The Balaban J connectivity index is 1.54. The molecule has 10 heteroatoms. The highest BCUT2D eigenvalue weighted by Gasteiger charge is 2.27. The van der Waals surface area contributed by atoms with Crippen molar-refractivity contribution in [3.8, 4) is 11.5 Å². The van der Waals surface area contributed by atoms with Gasteiger partial charge in [0.2, 0.25) is 0 Å². The Labute approximate surface area is 187 Å². The second kappa shape index (κ2) is 9.92. The number of piperidine rings is 1. The highest BCUT2D eigenvalue weighted by Crippen LogP contribution is 2.25. The number of ether oxygens (including phenoxy) is 1. The van der Waals surface area contributed by atoms with Gasteiger partial charge in [-0.05, 0) is 44.9 Å². The van der Waals surface area contributed by atoms with Gasteiger partial charge in [0.05, 0.1) is 4.92 Å². The fourth-order valence-corrected chi connectivity index (χ4v) is 3.72. The van der Waals surface area contributed by atoms with Gasteiger partial charge in [-0.15, -0.1) is 0 Å². The first-order valence-corrected chi connectivity index (χ1v) is 10.5. The molecule has 3 N–H and O–H groups in total. The van der Waals surface area contributed by atoms with Crippen molar-refractivity contribution in [3.63, 3.8) is 0 Å². The summed E-state index contributed by atoms with van der Waals surface area (Å²) in [6.45, 7) is 6.68. The largest absolute Gasteiger partial charge is 0.457 e. The van der Waals surface area contributed by atoms with E-state index in [0.29, 0.717) is 17.3 Å². The summed E-state index contributed by atoms with van der Waals surface area (Å²) in [5.74, 6) is 1.27. The van der Waals surface area contributed by atoms with Crippen molar-refractivity contribution in [2.24, 2.45) is 5.73 Å². The Kier molecular flexibility index (Phi) is 7.26. The van der Waals surface area contributed by atoms with E-state index in [-0.39, 0.29) is 23.3 Å². The van der Waals surface area contributed by atoms with Gasteiger partial charge in [-0.25, -0.2) is 9.78 Å². The molecule has 1 aliphatic rings. The number of non-ortho nitro benzene ring substituents is 1. The molecule has 32 heavy (non-hydrogen) atoms. The molecule has 1 aliphatic heterocycles. The van der Waals surface area contributed by atoms with Crippen molar-refractivity contribution in [2.75, 3.05) is 32.0 Å². The average molecular weight is 443 g/mol. The number of rotatable bonds is 7. The number of amides is 2. The van der Waals surface area contributed by atoms with Crippen LogP contribution in [0.3, 0.4) is 0 Å². The van der Waals surface area contributed by atoms with Gasteiger partial charge in [0.1, 0.15) is 17.3 Å². The number of anilines is 1. The summed E-state index contributed by atoms with van der Waals surface area (Å²) in [4.78, 5) is 31.3. The Morgan fingerprint density at radius 1 is 1.28 bits per heavy atom. The van der Waals surface area contributed by atoms with Crippen LogP contribution in [-0.4, -0.2) is 64.0 Å². The number of likely N-dealkylation sites (tertiary alicyclic amines) is 1. The molecule has 1 aromatic carbocycles. The lowest BCUT2D eigenvalue weighted by Gasteiger charge is -2.38. The molecular weight excluding hydrogens is 412 g/mol. The quantitative estimate of drug-likeness (QED) is 0.497. The Morgan fingerprint density at radius 2 is 1.94 bits per heavy atom. The van der Waals surface area contributed by atoms with Crippen LogP contribution in [0.2, 0.25) is 0 Å². The van der Waals surface area contributed by atoms with Gasteiger partial charge in [0, 0.05) is 62.7 Å². The first kappa shape index (κ1) is 23.4. The van der Waals surface area contributed by atoms with Crippen LogP contribution >= 0.6 is 0 Å². The van der Waals surface area contributed by atoms with Crippen molar-refractivity contribution < 1.29 is 14.5 Å². The number of carbonyl (C=O) groups excluding carboxylic acids is 1. The van der Waals surface area contributed by atoms with E-state index in [0.717, 1.165) is 32.5 Å². The van der Waals surface area contributed by atoms with Gasteiger partial charge < -0.3 is 20.3 Å². The Morgan fingerprint density at radius 3 is 2.53 bits per heavy atom. The molecular formula is C22H30N6O4. The molecule has 0 aliphatic carbocycles. The second-order valence-electron chi connectivity index (χ2n) is 8.77. The molecule has 0 unspecified atom stereocenters. The zero-order valence-corrected chi connectivity index (χ0v) is 18.7. The van der Waals surface area contributed by atoms with Gasteiger partial charge in [-0.1, -0.05) is 0 Å². The highest BCUT2D eigenvalue weighted by atomic mass is 16.6. The average Bonchev–Trinajstić information content (AvgIpc) is 2.73. The number of nitrogens with two attached hydrogens (primary N) is 1. The molecule has 0 atom stereocenters. The number of hydrogen-bond acceptors (Lipinski definition) is 7. The van der Waals surface area contributed by atoms with E-state index < -0.39 is 4.92 Å². The van der Waals surface area contributed by atoms with Crippen LogP contribution in [0.4, 0.5) is 16.3 Å². The molecule has 0 saturated carbocycles. The fourth-order valence-electron chi connectivity index (χ4n) is 3.72. The van der Waals surface area contributed by atoms with Crippen LogP contribution in [0.1, 0.15) is 26.7 Å². The predicted molar refractivity (Wildman–Crippen MR) is 122 cm³/mol. The monoisotopic (exact) mass is 442 g/mol. The molecule has 0 spiro atoms. The number of carbonyl (C=O) groups is 1. The number of benzene rings is 1.